The topological polar surface area (TPSA) is 83.0 Å². The van der Waals surface area contributed by atoms with Gasteiger partial charge in [0.25, 0.3) is 5.56 Å². The van der Waals surface area contributed by atoms with Gasteiger partial charge in [0, 0.05) is 0 Å². The summed E-state index contributed by atoms with van der Waals surface area (Å²) in [6.45, 7) is 1.76. The number of hydrogen-bond donors (Lipinski definition) is 0. The van der Waals surface area contributed by atoms with Crippen LogP contribution in [0.15, 0.2) is 63.0 Å². The summed E-state index contributed by atoms with van der Waals surface area (Å²) < 4.78 is 12.2. The zero-order valence-electron chi connectivity index (χ0n) is 14.7. The van der Waals surface area contributed by atoms with Crippen LogP contribution in [-0.2, 0) is 5.75 Å². The van der Waals surface area contributed by atoms with Crippen LogP contribution in [0.2, 0.25) is 0 Å². The molecule has 136 valence electrons. The average Bonchev–Trinajstić information content (AvgIpc) is 3.12. The van der Waals surface area contributed by atoms with Crippen LogP contribution in [0, 0.1) is 6.92 Å². The number of thioether (sulfide) groups is 1. The minimum atomic E-state index is -0.158. The van der Waals surface area contributed by atoms with E-state index in [1.54, 1.807) is 24.7 Å². The molecule has 0 unspecified atom stereocenters. The first-order valence-electron chi connectivity index (χ1n) is 8.24. The standard InChI is InChI=1S/C19H16N4O3S/c1-12-20-17(26-22-12)11-27-19-21-14-8-4-3-7-13(14)18(24)23(19)15-9-5-6-10-16(15)25-2/h3-10H,11H2,1-2H3. The number of methoxy groups -OCH3 is 1. The predicted molar refractivity (Wildman–Crippen MR) is 102 cm³/mol. The molecule has 0 aliphatic heterocycles. The third-order valence-electron chi connectivity index (χ3n) is 3.97. The molecule has 2 heterocycles. The Bertz CT molecular complexity index is 1170. The van der Waals surface area contributed by atoms with Crippen molar-refractivity contribution in [2.45, 2.75) is 17.8 Å². The van der Waals surface area contributed by atoms with Gasteiger partial charge in [-0.3, -0.25) is 9.36 Å². The lowest BCUT2D eigenvalue weighted by atomic mass is 10.2. The zero-order valence-corrected chi connectivity index (χ0v) is 15.6. The number of aromatic nitrogens is 4. The Morgan fingerprint density at radius 2 is 1.89 bits per heavy atom. The van der Waals surface area contributed by atoms with Crippen molar-refractivity contribution in [3.05, 3.63) is 70.6 Å². The van der Waals surface area contributed by atoms with E-state index in [4.69, 9.17) is 14.2 Å². The van der Waals surface area contributed by atoms with Crippen LogP contribution in [0.4, 0.5) is 0 Å². The van der Waals surface area contributed by atoms with Gasteiger partial charge in [0.15, 0.2) is 11.0 Å². The lowest BCUT2D eigenvalue weighted by Gasteiger charge is -2.15. The lowest BCUT2D eigenvalue weighted by Crippen LogP contribution is -2.22. The van der Waals surface area contributed by atoms with Crippen molar-refractivity contribution >= 4 is 22.7 Å². The number of benzene rings is 2. The molecule has 0 amide bonds. The number of hydrogen-bond acceptors (Lipinski definition) is 7. The highest BCUT2D eigenvalue weighted by Crippen LogP contribution is 2.28. The summed E-state index contributed by atoms with van der Waals surface area (Å²) >= 11 is 1.36. The second kappa shape index (κ2) is 7.24. The summed E-state index contributed by atoms with van der Waals surface area (Å²) in [5.74, 6) is 2.04. The summed E-state index contributed by atoms with van der Waals surface area (Å²) in [7, 11) is 1.58. The van der Waals surface area contributed by atoms with E-state index in [-0.39, 0.29) is 5.56 Å². The molecule has 0 bridgehead atoms. The van der Waals surface area contributed by atoms with Crippen LogP contribution in [0.3, 0.4) is 0 Å². The van der Waals surface area contributed by atoms with Crippen molar-refractivity contribution in [2.75, 3.05) is 7.11 Å². The summed E-state index contributed by atoms with van der Waals surface area (Å²) in [5, 5.41) is 4.87. The first kappa shape index (κ1) is 17.3. The summed E-state index contributed by atoms with van der Waals surface area (Å²) in [6, 6.07) is 14.6. The fraction of sp³-hybridized carbons (Fsp3) is 0.158. The van der Waals surface area contributed by atoms with Gasteiger partial charge in [-0.05, 0) is 31.2 Å². The number of rotatable bonds is 5. The van der Waals surface area contributed by atoms with Crippen molar-refractivity contribution in [3.63, 3.8) is 0 Å². The highest BCUT2D eigenvalue weighted by Gasteiger charge is 2.17. The highest BCUT2D eigenvalue weighted by atomic mass is 32.2. The Kier molecular flexibility index (Phi) is 4.64. The van der Waals surface area contributed by atoms with Gasteiger partial charge in [0.05, 0.1) is 29.5 Å². The fourth-order valence-electron chi connectivity index (χ4n) is 2.76. The molecule has 0 saturated carbocycles. The smallest absolute Gasteiger partial charge is 0.266 e. The molecule has 2 aromatic heterocycles. The number of ether oxygens (including phenoxy) is 1. The largest absolute Gasteiger partial charge is 0.495 e. The first-order chi connectivity index (χ1) is 13.2. The van der Waals surface area contributed by atoms with E-state index in [9.17, 15) is 4.79 Å². The Labute approximate surface area is 159 Å². The summed E-state index contributed by atoms with van der Waals surface area (Å²) in [6.07, 6.45) is 0. The molecule has 0 N–H and O–H groups in total. The Balaban J connectivity index is 1.89. The SMILES string of the molecule is COc1ccccc1-n1c(SCc2nc(C)no2)nc2ccccc2c1=O. The normalized spacial score (nSPS) is 11.0. The molecule has 4 aromatic rings. The van der Waals surface area contributed by atoms with Crippen molar-refractivity contribution in [1.29, 1.82) is 0 Å². The molecule has 0 saturated heterocycles. The van der Waals surface area contributed by atoms with Gasteiger partial charge in [-0.15, -0.1) is 0 Å². The lowest BCUT2D eigenvalue weighted by molar-refractivity contribution is 0.387. The molecule has 0 aliphatic carbocycles. The number of fused-ring (bicyclic) bond motifs is 1. The van der Waals surface area contributed by atoms with E-state index in [0.29, 0.717) is 45.0 Å². The van der Waals surface area contributed by atoms with Crippen LogP contribution < -0.4 is 10.3 Å². The Morgan fingerprint density at radius 3 is 2.67 bits per heavy atom. The number of nitrogens with zero attached hydrogens (tertiary/aromatic N) is 4. The molecule has 2 aromatic carbocycles. The van der Waals surface area contributed by atoms with E-state index in [0.717, 1.165) is 0 Å². The van der Waals surface area contributed by atoms with Gasteiger partial charge in [-0.2, -0.15) is 4.98 Å². The fourth-order valence-corrected chi connectivity index (χ4v) is 3.60. The molecule has 7 nitrogen and oxygen atoms in total. The number of para-hydroxylation sites is 3. The van der Waals surface area contributed by atoms with Crippen molar-refractivity contribution in [1.82, 2.24) is 19.7 Å². The highest BCUT2D eigenvalue weighted by molar-refractivity contribution is 7.98. The van der Waals surface area contributed by atoms with Gasteiger partial charge >= 0.3 is 0 Å². The van der Waals surface area contributed by atoms with Gasteiger partial charge in [-0.1, -0.05) is 41.2 Å². The average molecular weight is 380 g/mol. The quantitative estimate of drug-likeness (QED) is 0.388. The third-order valence-corrected chi connectivity index (χ3v) is 4.89. The molecule has 0 aliphatic rings. The first-order valence-corrected chi connectivity index (χ1v) is 9.23. The van der Waals surface area contributed by atoms with Crippen LogP contribution in [0.5, 0.6) is 5.75 Å². The molecule has 8 heteroatoms. The van der Waals surface area contributed by atoms with Crippen LogP contribution in [-0.4, -0.2) is 26.8 Å². The molecule has 0 spiro atoms. The molecule has 27 heavy (non-hydrogen) atoms. The maximum atomic E-state index is 13.2. The minimum Gasteiger partial charge on any atom is -0.495 e. The van der Waals surface area contributed by atoms with Crippen LogP contribution in [0.1, 0.15) is 11.7 Å². The second-order valence-electron chi connectivity index (χ2n) is 5.75. The second-order valence-corrected chi connectivity index (χ2v) is 6.69. The molecule has 4 rings (SSSR count). The monoisotopic (exact) mass is 380 g/mol. The van der Waals surface area contributed by atoms with Gasteiger partial charge in [-0.25, -0.2) is 4.98 Å². The maximum Gasteiger partial charge on any atom is 0.266 e. The van der Waals surface area contributed by atoms with E-state index in [2.05, 4.69) is 10.1 Å². The Hall–Kier alpha value is -3.13. The zero-order chi connectivity index (χ0) is 18.8. The van der Waals surface area contributed by atoms with Gasteiger partial charge in [0.1, 0.15) is 5.75 Å². The maximum absolute atomic E-state index is 13.2. The summed E-state index contributed by atoms with van der Waals surface area (Å²) in [5.41, 5.74) is 1.11. The minimum absolute atomic E-state index is 0.158. The molecule has 0 radical (unpaired) electrons. The van der Waals surface area contributed by atoms with Gasteiger partial charge < -0.3 is 9.26 Å². The Morgan fingerprint density at radius 1 is 1.11 bits per heavy atom. The molecule has 0 fully saturated rings. The van der Waals surface area contributed by atoms with E-state index >= 15 is 0 Å². The van der Waals surface area contributed by atoms with E-state index < -0.39 is 0 Å². The van der Waals surface area contributed by atoms with E-state index in [1.165, 1.54) is 11.8 Å². The molecule has 0 atom stereocenters. The third kappa shape index (κ3) is 3.31. The summed E-state index contributed by atoms with van der Waals surface area (Å²) in [4.78, 5) is 22.1. The molecular formula is C19H16N4O3S. The number of aryl methyl sites for hydroxylation is 1. The van der Waals surface area contributed by atoms with Crippen LogP contribution >= 0.6 is 11.8 Å². The van der Waals surface area contributed by atoms with Crippen molar-refractivity contribution in [3.8, 4) is 11.4 Å². The van der Waals surface area contributed by atoms with Crippen molar-refractivity contribution in [2.24, 2.45) is 0 Å². The van der Waals surface area contributed by atoms with Gasteiger partial charge in [0.2, 0.25) is 5.89 Å². The van der Waals surface area contributed by atoms with E-state index in [1.807, 2.05) is 42.5 Å². The van der Waals surface area contributed by atoms with Crippen molar-refractivity contribution < 1.29 is 9.26 Å². The predicted octanol–water partition coefficient (Wildman–Crippen LogP) is 3.38. The van der Waals surface area contributed by atoms with Crippen LogP contribution in [0.25, 0.3) is 16.6 Å². The molecular weight excluding hydrogens is 364 g/mol.